The predicted molar refractivity (Wildman–Crippen MR) is 72.9 cm³/mol. The van der Waals surface area contributed by atoms with Crippen LogP contribution in [0, 0.1) is 10.1 Å². The Morgan fingerprint density at radius 3 is 2.65 bits per heavy atom. The zero-order chi connectivity index (χ0) is 15.3. The first-order valence-electron chi connectivity index (χ1n) is 6.02. The second-order valence-corrected chi connectivity index (χ2v) is 5.04. The van der Waals surface area contributed by atoms with Crippen LogP contribution in [0.5, 0.6) is 0 Å². The van der Waals surface area contributed by atoms with E-state index in [1.165, 1.54) is 12.1 Å². The summed E-state index contributed by atoms with van der Waals surface area (Å²) < 4.78 is 5.05. The molecule has 110 valence electrons. The number of carbonyl (C=O) groups is 1. The number of carboxylic acid groups (broad SMARTS) is 1. The normalized spacial score (nSPS) is 11.3. The van der Waals surface area contributed by atoms with Gasteiger partial charge in [-0.1, -0.05) is 12.1 Å². The fourth-order valence-corrected chi connectivity index (χ4v) is 1.88. The van der Waals surface area contributed by atoms with Crippen LogP contribution in [-0.2, 0) is 11.3 Å². The van der Waals surface area contributed by atoms with Gasteiger partial charge in [-0.05, 0) is 19.4 Å². The number of ether oxygens (including phenoxy) is 1. The molecule has 1 aromatic carbocycles. The maximum Gasteiger partial charge on any atom is 0.343 e. The summed E-state index contributed by atoms with van der Waals surface area (Å²) in [5.74, 6) is -1.31. The molecule has 20 heavy (non-hydrogen) atoms. The first-order chi connectivity index (χ1) is 9.28. The highest BCUT2D eigenvalue weighted by Gasteiger charge is 2.24. The van der Waals surface area contributed by atoms with Crippen molar-refractivity contribution in [1.82, 2.24) is 5.32 Å². The molecule has 1 aromatic rings. The molecule has 0 heterocycles. The van der Waals surface area contributed by atoms with E-state index in [4.69, 9.17) is 4.74 Å². The van der Waals surface area contributed by atoms with Gasteiger partial charge in [0.15, 0.2) is 0 Å². The molecule has 0 atom stereocenters. The van der Waals surface area contributed by atoms with Crippen molar-refractivity contribution < 1.29 is 19.6 Å². The van der Waals surface area contributed by atoms with E-state index < -0.39 is 16.6 Å². The van der Waals surface area contributed by atoms with E-state index in [9.17, 15) is 20.0 Å². The predicted octanol–water partition coefficient (Wildman–Crippen LogP) is 1.81. The lowest BCUT2D eigenvalue weighted by atomic mass is 10.0. The average molecular weight is 282 g/mol. The van der Waals surface area contributed by atoms with Crippen molar-refractivity contribution in [3.63, 3.8) is 0 Å². The standard InChI is InChI=1S/C13H18N2O5/c1-13(2,8-20-3)14-7-9-5-4-6-10(15(18)19)11(9)12(16)17/h4-6,14H,7-8H2,1-3H3,(H,16,17). The number of rotatable bonds is 7. The molecule has 7 heteroatoms. The molecule has 0 saturated carbocycles. The molecule has 0 aromatic heterocycles. The molecule has 0 bridgehead atoms. The number of benzene rings is 1. The van der Waals surface area contributed by atoms with Gasteiger partial charge in [0, 0.05) is 25.3 Å². The van der Waals surface area contributed by atoms with E-state index in [-0.39, 0.29) is 17.6 Å². The zero-order valence-electron chi connectivity index (χ0n) is 11.7. The molecular weight excluding hydrogens is 264 g/mol. The van der Waals surface area contributed by atoms with Crippen LogP contribution in [0.2, 0.25) is 0 Å². The van der Waals surface area contributed by atoms with E-state index >= 15 is 0 Å². The van der Waals surface area contributed by atoms with Crippen molar-refractivity contribution in [3.8, 4) is 0 Å². The lowest BCUT2D eigenvalue weighted by molar-refractivity contribution is -0.385. The van der Waals surface area contributed by atoms with Gasteiger partial charge in [0.25, 0.3) is 5.69 Å². The number of hydrogen-bond donors (Lipinski definition) is 2. The molecular formula is C13H18N2O5. The minimum absolute atomic E-state index is 0.208. The Kier molecular flexibility index (Phi) is 5.18. The number of nitro benzene ring substituents is 1. The number of aromatic carboxylic acids is 1. The van der Waals surface area contributed by atoms with E-state index in [1.807, 2.05) is 13.8 Å². The number of carboxylic acids is 1. The third kappa shape index (κ3) is 4.01. The van der Waals surface area contributed by atoms with Crippen LogP contribution in [0.3, 0.4) is 0 Å². The Labute approximate surface area is 116 Å². The smallest absolute Gasteiger partial charge is 0.343 e. The maximum absolute atomic E-state index is 11.2. The van der Waals surface area contributed by atoms with Gasteiger partial charge in [-0.15, -0.1) is 0 Å². The molecule has 0 saturated heterocycles. The van der Waals surface area contributed by atoms with Crippen molar-refractivity contribution in [2.45, 2.75) is 25.9 Å². The first kappa shape index (κ1) is 16.1. The molecule has 0 spiro atoms. The Bertz CT molecular complexity index is 513. The van der Waals surface area contributed by atoms with E-state index in [1.54, 1.807) is 13.2 Å². The van der Waals surface area contributed by atoms with Gasteiger partial charge in [0.05, 0.1) is 11.5 Å². The number of nitrogens with zero attached hydrogens (tertiary/aromatic N) is 1. The van der Waals surface area contributed by atoms with Crippen molar-refractivity contribution >= 4 is 11.7 Å². The van der Waals surface area contributed by atoms with Crippen LogP contribution in [0.15, 0.2) is 18.2 Å². The van der Waals surface area contributed by atoms with Crippen molar-refractivity contribution in [3.05, 3.63) is 39.4 Å². The summed E-state index contributed by atoms with van der Waals surface area (Å²) in [6.07, 6.45) is 0. The maximum atomic E-state index is 11.2. The fourth-order valence-electron chi connectivity index (χ4n) is 1.88. The second-order valence-electron chi connectivity index (χ2n) is 5.04. The van der Waals surface area contributed by atoms with Gasteiger partial charge in [0.1, 0.15) is 5.56 Å². The molecule has 0 radical (unpaired) electrons. The van der Waals surface area contributed by atoms with E-state index in [0.717, 1.165) is 0 Å². The first-order valence-corrected chi connectivity index (χ1v) is 6.02. The third-order valence-electron chi connectivity index (χ3n) is 2.80. The molecule has 0 aliphatic heterocycles. The summed E-state index contributed by atoms with van der Waals surface area (Å²) in [6.45, 7) is 4.44. The van der Waals surface area contributed by atoms with Gasteiger partial charge in [-0.25, -0.2) is 4.79 Å². The largest absolute Gasteiger partial charge is 0.477 e. The lowest BCUT2D eigenvalue weighted by Crippen LogP contribution is -2.43. The fraction of sp³-hybridized carbons (Fsp3) is 0.462. The summed E-state index contributed by atoms with van der Waals surface area (Å²) in [7, 11) is 1.57. The molecule has 7 nitrogen and oxygen atoms in total. The van der Waals surface area contributed by atoms with Crippen molar-refractivity contribution in [1.29, 1.82) is 0 Å². The molecule has 1 rings (SSSR count). The average Bonchev–Trinajstić information content (AvgIpc) is 2.35. The molecule has 2 N–H and O–H groups in total. The van der Waals surface area contributed by atoms with Crippen LogP contribution < -0.4 is 5.32 Å². The Balaban J connectivity index is 3.04. The van der Waals surface area contributed by atoms with Crippen molar-refractivity contribution in [2.24, 2.45) is 0 Å². The minimum atomic E-state index is -1.31. The van der Waals surface area contributed by atoms with Crippen LogP contribution in [0.1, 0.15) is 29.8 Å². The molecule has 0 amide bonds. The van der Waals surface area contributed by atoms with Gasteiger partial charge < -0.3 is 15.2 Å². The number of hydrogen-bond acceptors (Lipinski definition) is 5. The summed E-state index contributed by atoms with van der Waals surface area (Å²) >= 11 is 0. The Morgan fingerprint density at radius 2 is 2.15 bits per heavy atom. The number of nitrogens with one attached hydrogen (secondary N) is 1. The zero-order valence-corrected chi connectivity index (χ0v) is 11.7. The summed E-state index contributed by atoms with van der Waals surface area (Å²) in [6, 6.07) is 4.23. The van der Waals surface area contributed by atoms with E-state index in [2.05, 4.69) is 5.32 Å². The summed E-state index contributed by atoms with van der Waals surface area (Å²) in [5, 5.41) is 23.2. The number of nitro groups is 1. The van der Waals surface area contributed by atoms with Crippen molar-refractivity contribution in [2.75, 3.05) is 13.7 Å². The Morgan fingerprint density at radius 1 is 1.50 bits per heavy atom. The van der Waals surface area contributed by atoms with Gasteiger partial charge >= 0.3 is 5.97 Å². The monoisotopic (exact) mass is 282 g/mol. The lowest BCUT2D eigenvalue weighted by Gasteiger charge is -2.25. The molecule has 0 unspecified atom stereocenters. The van der Waals surface area contributed by atoms with Crippen LogP contribution >= 0.6 is 0 Å². The van der Waals surface area contributed by atoms with Gasteiger partial charge in [0.2, 0.25) is 0 Å². The quantitative estimate of drug-likeness (QED) is 0.584. The van der Waals surface area contributed by atoms with Crippen LogP contribution in [-0.4, -0.2) is 35.3 Å². The highest BCUT2D eigenvalue weighted by molar-refractivity contribution is 5.94. The summed E-state index contributed by atoms with van der Waals surface area (Å²) in [4.78, 5) is 21.4. The van der Waals surface area contributed by atoms with Crippen LogP contribution in [0.25, 0.3) is 0 Å². The third-order valence-corrected chi connectivity index (χ3v) is 2.80. The van der Waals surface area contributed by atoms with Gasteiger partial charge in [-0.2, -0.15) is 0 Å². The highest BCUT2D eigenvalue weighted by Crippen LogP contribution is 2.22. The molecule has 0 fully saturated rings. The Hall–Kier alpha value is -1.99. The SMILES string of the molecule is COCC(C)(C)NCc1cccc([N+](=O)[O-])c1C(=O)O. The number of methoxy groups -OCH3 is 1. The van der Waals surface area contributed by atoms with E-state index in [0.29, 0.717) is 12.2 Å². The topological polar surface area (TPSA) is 102 Å². The highest BCUT2D eigenvalue weighted by atomic mass is 16.6. The molecule has 0 aliphatic rings. The van der Waals surface area contributed by atoms with Gasteiger partial charge in [-0.3, -0.25) is 10.1 Å². The summed E-state index contributed by atoms with van der Waals surface area (Å²) in [5.41, 5.74) is -0.676. The van der Waals surface area contributed by atoms with Crippen LogP contribution in [0.4, 0.5) is 5.69 Å². The second kappa shape index (κ2) is 6.44. The molecule has 0 aliphatic carbocycles. The minimum Gasteiger partial charge on any atom is -0.477 e.